The van der Waals surface area contributed by atoms with Crippen molar-refractivity contribution in [2.45, 2.75) is 69.8 Å². The van der Waals surface area contributed by atoms with Crippen molar-refractivity contribution in [2.24, 2.45) is 0 Å². The number of aliphatic hydroxyl groups excluding tert-OH is 1. The van der Waals surface area contributed by atoms with Crippen molar-refractivity contribution in [3.05, 3.63) is 76.3 Å². The molecule has 51 heavy (non-hydrogen) atoms. The summed E-state index contributed by atoms with van der Waals surface area (Å²) in [6.07, 6.45) is 8.20. The van der Waals surface area contributed by atoms with Gasteiger partial charge in [0, 0.05) is 71.8 Å². The van der Waals surface area contributed by atoms with Crippen LogP contribution in [0.3, 0.4) is 0 Å². The van der Waals surface area contributed by atoms with Crippen LogP contribution >= 0.6 is 23.2 Å². The molecule has 1 saturated heterocycles. The van der Waals surface area contributed by atoms with Crippen LogP contribution in [0, 0.1) is 0 Å². The lowest BCUT2D eigenvalue weighted by molar-refractivity contribution is -0.119. The largest absolute Gasteiger partial charge is 0.493 e. The first-order valence-corrected chi connectivity index (χ1v) is 17.9. The Balaban J connectivity index is 1.13. The SMILES string of the molecule is COc1nc(-c2cccc(-c3ccnc(-c4cc(OC)c5nc(CN[C@H]6CC[C@H](O)CC6)nn5c4)c3Cl)c2Cl)ccc1CNC[C@@H]1CCC(=O)N1. The molecule has 0 radical (unpaired) electrons. The molecule has 2 fully saturated rings. The van der Waals surface area contributed by atoms with Crippen molar-refractivity contribution in [3.63, 3.8) is 0 Å². The molecule has 0 unspecified atom stereocenters. The van der Waals surface area contributed by atoms with Crippen LogP contribution in [0.1, 0.15) is 49.9 Å². The Morgan fingerprint density at radius 2 is 1.76 bits per heavy atom. The normalized spacial score (nSPS) is 19.0. The molecule has 7 rings (SSSR count). The second-order valence-corrected chi connectivity index (χ2v) is 13.7. The number of fused-ring (bicyclic) bond motifs is 1. The zero-order valence-electron chi connectivity index (χ0n) is 28.5. The molecule has 1 amide bonds. The zero-order valence-corrected chi connectivity index (χ0v) is 30.0. The average molecular weight is 732 g/mol. The van der Waals surface area contributed by atoms with Gasteiger partial charge in [-0.1, -0.05) is 47.5 Å². The number of amides is 1. The van der Waals surface area contributed by atoms with Crippen LogP contribution in [-0.2, 0) is 17.9 Å². The Bertz CT molecular complexity index is 2050. The number of carbonyl (C=O) groups is 1. The van der Waals surface area contributed by atoms with Crippen LogP contribution in [0.2, 0.25) is 10.0 Å². The van der Waals surface area contributed by atoms with Gasteiger partial charge in [-0.2, -0.15) is 0 Å². The Kier molecular flexibility index (Phi) is 10.7. The van der Waals surface area contributed by atoms with Crippen molar-refractivity contribution in [3.8, 4) is 45.3 Å². The molecule has 0 spiro atoms. The summed E-state index contributed by atoms with van der Waals surface area (Å²) in [6.45, 7) is 1.72. The lowest BCUT2D eigenvalue weighted by Gasteiger charge is -2.25. The standard InChI is InChI=1S/C37H40Cl2N8O4/c1-50-30-16-22(20-47-36(30)45-31(46-47)19-42-23-7-10-25(48)11-8-23)35-34(39)27(14-15-41-35)26-4-3-5-28(33(26)38)29-12-6-21(37(44-29)51-2)17-40-18-24-9-13-32(49)43-24/h3-6,12,14-16,20,23-25,40,42,48H,7-11,13,17-19H2,1-2H3,(H,43,49)/t23-,24-,25-/m0/s1. The maximum absolute atomic E-state index is 11.5. The van der Waals surface area contributed by atoms with E-state index in [-0.39, 0.29) is 18.1 Å². The van der Waals surface area contributed by atoms with Crippen LogP contribution in [-0.4, -0.2) is 74.5 Å². The van der Waals surface area contributed by atoms with E-state index in [9.17, 15) is 9.90 Å². The number of ether oxygens (including phenoxy) is 2. The lowest BCUT2D eigenvalue weighted by Crippen LogP contribution is -2.35. The summed E-state index contributed by atoms with van der Waals surface area (Å²) in [6, 6.07) is 13.8. The van der Waals surface area contributed by atoms with Crippen LogP contribution < -0.4 is 25.4 Å². The number of rotatable bonds is 12. The molecular weight excluding hydrogens is 691 g/mol. The van der Waals surface area contributed by atoms with E-state index in [1.165, 1.54) is 0 Å². The number of aliphatic hydroxyl groups is 1. The highest BCUT2D eigenvalue weighted by atomic mass is 35.5. The molecule has 12 nitrogen and oxygen atoms in total. The van der Waals surface area contributed by atoms with Crippen molar-refractivity contribution in [1.82, 2.24) is 40.5 Å². The summed E-state index contributed by atoms with van der Waals surface area (Å²) in [4.78, 5) is 25.7. The van der Waals surface area contributed by atoms with Gasteiger partial charge in [0.05, 0.1) is 48.3 Å². The lowest BCUT2D eigenvalue weighted by atomic mass is 9.93. The topological polar surface area (TPSA) is 148 Å². The number of methoxy groups -OCH3 is 2. The second kappa shape index (κ2) is 15.5. The molecule has 4 N–H and O–H groups in total. The van der Waals surface area contributed by atoms with Gasteiger partial charge >= 0.3 is 0 Å². The molecule has 4 aromatic heterocycles. The van der Waals surface area contributed by atoms with Gasteiger partial charge in [-0.15, -0.1) is 5.10 Å². The molecule has 0 bridgehead atoms. The smallest absolute Gasteiger partial charge is 0.220 e. The number of aromatic nitrogens is 5. The van der Waals surface area contributed by atoms with Gasteiger partial charge in [-0.25, -0.2) is 14.5 Å². The molecule has 1 aliphatic carbocycles. The molecule has 5 heterocycles. The highest BCUT2D eigenvalue weighted by Crippen LogP contribution is 2.42. The number of hydrogen-bond donors (Lipinski definition) is 4. The number of benzene rings is 1. The average Bonchev–Trinajstić information content (AvgIpc) is 3.76. The Hall–Kier alpha value is -4.33. The number of halogens is 2. The summed E-state index contributed by atoms with van der Waals surface area (Å²) in [7, 11) is 3.19. The van der Waals surface area contributed by atoms with Crippen molar-refractivity contribution in [1.29, 1.82) is 0 Å². The second-order valence-electron chi connectivity index (χ2n) is 13.0. The molecule has 266 valence electrons. The fourth-order valence-corrected chi connectivity index (χ4v) is 7.45. The van der Waals surface area contributed by atoms with Gasteiger partial charge in [0.2, 0.25) is 11.8 Å². The minimum Gasteiger partial charge on any atom is -0.493 e. The third kappa shape index (κ3) is 7.65. The minimum atomic E-state index is -0.204. The van der Waals surface area contributed by atoms with E-state index in [4.69, 9.17) is 47.7 Å². The Labute approximate surface area is 305 Å². The van der Waals surface area contributed by atoms with E-state index in [2.05, 4.69) is 20.9 Å². The molecule has 1 aliphatic heterocycles. The van der Waals surface area contributed by atoms with Crippen molar-refractivity contribution < 1.29 is 19.4 Å². The van der Waals surface area contributed by atoms with Crippen molar-refractivity contribution in [2.75, 3.05) is 20.8 Å². The summed E-state index contributed by atoms with van der Waals surface area (Å²) in [5.74, 6) is 1.77. The van der Waals surface area contributed by atoms with Crippen molar-refractivity contribution >= 4 is 34.8 Å². The quantitative estimate of drug-likeness (QED) is 0.128. The highest BCUT2D eigenvalue weighted by Gasteiger charge is 2.23. The molecule has 5 aromatic rings. The van der Waals surface area contributed by atoms with Crippen LogP contribution in [0.4, 0.5) is 0 Å². The Morgan fingerprint density at radius 1 is 0.961 bits per heavy atom. The molecule has 2 aliphatic rings. The predicted octanol–water partition coefficient (Wildman–Crippen LogP) is 5.61. The summed E-state index contributed by atoms with van der Waals surface area (Å²) >= 11 is 14.2. The van der Waals surface area contributed by atoms with Gasteiger partial charge < -0.3 is 30.5 Å². The fraction of sp³-hybridized carbons (Fsp3) is 0.378. The number of nitrogens with zero attached hydrogens (tertiary/aromatic N) is 5. The summed E-state index contributed by atoms with van der Waals surface area (Å²) in [5, 5.41) is 25.4. The first kappa shape index (κ1) is 35.1. The monoisotopic (exact) mass is 730 g/mol. The Morgan fingerprint density at radius 3 is 2.53 bits per heavy atom. The number of hydrogen-bond acceptors (Lipinski definition) is 10. The highest BCUT2D eigenvalue weighted by molar-refractivity contribution is 6.39. The number of nitrogens with one attached hydrogen (secondary N) is 3. The van der Waals surface area contributed by atoms with E-state index in [0.717, 1.165) is 48.8 Å². The fourth-order valence-electron chi connectivity index (χ4n) is 6.80. The molecule has 1 atom stereocenters. The number of pyridine rings is 3. The molecule has 14 heteroatoms. The third-order valence-electron chi connectivity index (χ3n) is 9.56. The van der Waals surface area contributed by atoms with Crippen LogP contribution in [0.5, 0.6) is 11.6 Å². The van der Waals surface area contributed by atoms with E-state index in [1.807, 2.05) is 48.7 Å². The predicted molar refractivity (Wildman–Crippen MR) is 196 cm³/mol. The maximum atomic E-state index is 11.5. The van der Waals surface area contributed by atoms with Crippen LogP contribution in [0.25, 0.3) is 39.3 Å². The maximum Gasteiger partial charge on any atom is 0.220 e. The van der Waals surface area contributed by atoms with E-state index >= 15 is 0 Å². The van der Waals surface area contributed by atoms with Gasteiger partial charge in [0.15, 0.2) is 17.2 Å². The van der Waals surface area contributed by atoms with E-state index in [0.29, 0.717) is 87.8 Å². The van der Waals surface area contributed by atoms with Gasteiger partial charge in [-0.05, 0) is 50.3 Å². The molecule has 1 aromatic carbocycles. The molecular formula is C37H40Cl2N8O4. The first-order valence-electron chi connectivity index (χ1n) is 17.1. The van der Waals surface area contributed by atoms with Gasteiger partial charge in [0.1, 0.15) is 0 Å². The summed E-state index contributed by atoms with van der Waals surface area (Å²) < 4.78 is 13.1. The van der Waals surface area contributed by atoms with Crippen LogP contribution in [0.15, 0.2) is 54.9 Å². The van der Waals surface area contributed by atoms with Gasteiger partial charge in [-0.3, -0.25) is 9.78 Å². The van der Waals surface area contributed by atoms with E-state index in [1.54, 1.807) is 24.9 Å². The van der Waals surface area contributed by atoms with Gasteiger partial charge in [0.25, 0.3) is 0 Å². The first-order chi connectivity index (χ1) is 24.8. The zero-order chi connectivity index (χ0) is 35.5. The summed E-state index contributed by atoms with van der Waals surface area (Å²) in [5.41, 5.74) is 5.55. The minimum absolute atomic E-state index is 0.0954. The number of carbonyl (C=O) groups excluding carboxylic acids is 1. The molecule has 1 saturated carbocycles. The van der Waals surface area contributed by atoms with E-state index < -0.39 is 0 Å². The third-order valence-corrected chi connectivity index (χ3v) is 10.3.